The first-order valence-electron chi connectivity index (χ1n) is 15.3. The first kappa shape index (κ1) is 32.7. The van der Waals surface area contributed by atoms with Gasteiger partial charge in [-0.2, -0.15) is 4.80 Å². The number of carbonyl (C=O) groups excluding carboxylic acids is 2. The molecule has 1 N–H and O–H groups in total. The summed E-state index contributed by atoms with van der Waals surface area (Å²) in [6.07, 6.45) is 5.68. The van der Waals surface area contributed by atoms with Crippen molar-refractivity contribution in [3.8, 4) is 34.4 Å². The Hall–Kier alpha value is -4.65. The van der Waals surface area contributed by atoms with E-state index in [2.05, 4.69) is 20.7 Å². The van der Waals surface area contributed by atoms with E-state index in [1.807, 2.05) is 35.7 Å². The molecule has 1 saturated carbocycles. The maximum absolute atomic E-state index is 14.2. The number of ether oxygens (including phenoxy) is 4. The van der Waals surface area contributed by atoms with E-state index in [0.717, 1.165) is 36.1 Å². The van der Waals surface area contributed by atoms with Crippen molar-refractivity contribution in [2.24, 2.45) is 0 Å². The largest absolute Gasteiger partial charge is 0.493 e. The average molecular weight is 649 g/mol. The summed E-state index contributed by atoms with van der Waals surface area (Å²) in [4.78, 5) is 31.8. The Balaban J connectivity index is 1.42. The Morgan fingerprint density at radius 1 is 0.935 bits per heavy atom. The van der Waals surface area contributed by atoms with E-state index in [0.29, 0.717) is 40.8 Å². The van der Waals surface area contributed by atoms with Crippen LogP contribution in [-0.2, 0) is 22.6 Å². The molecule has 13 heteroatoms. The topological polar surface area (TPSA) is 130 Å². The fourth-order valence-electron chi connectivity index (χ4n) is 5.69. The average Bonchev–Trinajstić information content (AvgIpc) is 3.79. The molecular weight excluding hydrogens is 608 g/mol. The lowest BCUT2D eigenvalue weighted by atomic mass is 9.95. The number of rotatable bonds is 14. The van der Waals surface area contributed by atoms with Crippen LogP contribution in [0.25, 0.3) is 11.4 Å². The molecule has 0 unspecified atom stereocenters. The van der Waals surface area contributed by atoms with E-state index in [4.69, 9.17) is 18.9 Å². The van der Waals surface area contributed by atoms with Crippen LogP contribution in [0.4, 0.5) is 0 Å². The maximum Gasteiger partial charge on any atom is 0.248 e. The van der Waals surface area contributed by atoms with Crippen molar-refractivity contribution in [3.63, 3.8) is 0 Å². The number of thiophene rings is 1. The molecule has 2 aromatic heterocycles. The molecule has 2 aromatic carbocycles. The van der Waals surface area contributed by atoms with E-state index in [1.54, 1.807) is 51.5 Å². The van der Waals surface area contributed by atoms with Gasteiger partial charge in [0, 0.05) is 23.0 Å². The summed E-state index contributed by atoms with van der Waals surface area (Å²) in [7, 11) is 6.29. The summed E-state index contributed by atoms with van der Waals surface area (Å²) in [6, 6.07) is 14.0. The van der Waals surface area contributed by atoms with Crippen molar-refractivity contribution in [1.29, 1.82) is 0 Å². The molecule has 0 spiro atoms. The van der Waals surface area contributed by atoms with Gasteiger partial charge < -0.3 is 29.2 Å². The normalized spacial score (nSPS) is 13.9. The molecule has 244 valence electrons. The molecule has 2 amide bonds. The van der Waals surface area contributed by atoms with Gasteiger partial charge in [-0.05, 0) is 71.8 Å². The van der Waals surface area contributed by atoms with Gasteiger partial charge in [0.25, 0.3) is 0 Å². The summed E-state index contributed by atoms with van der Waals surface area (Å²) >= 11 is 1.45. The zero-order valence-corrected chi connectivity index (χ0v) is 27.4. The Kier molecular flexibility index (Phi) is 11.1. The second kappa shape index (κ2) is 15.6. The Morgan fingerprint density at radius 3 is 2.30 bits per heavy atom. The minimum absolute atomic E-state index is 0.0903. The molecule has 12 nitrogen and oxygen atoms in total. The second-order valence-corrected chi connectivity index (χ2v) is 12.0. The Labute approximate surface area is 272 Å². The number of hydrogen-bond donors (Lipinski definition) is 1. The lowest BCUT2D eigenvalue weighted by molar-refractivity contribution is -0.142. The summed E-state index contributed by atoms with van der Waals surface area (Å²) in [5.41, 5.74) is 1.59. The van der Waals surface area contributed by atoms with Crippen molar-refractivity contribution >= 4 is 23.2 Å². The zero-order chi connectivity index (χ0) is 32.5. The molecule has 0 radical (unpaired) electrons. The second-order valence-electron chi connectivity index (χ2n) is 11.0. The number of methoxy groups -OCH3 is 4. The first-order valence-corrected chi connectivity index (χ1v) is 16.2. The molecule has 1 atom stereocenters. The summed E-state index contributed by atoms with van der Waals surface area (Å²) in [5, 5.41) is 18.0. The van der Waals surface area contributed by atoms with Gasteiger partial charge in [-0.3, -0.25) is 9.59 Å². The highest BCUT2D eigenvalue weighted by Crippen LogP contribution is 2.32. The fourth-order valence-corrected chi connectivity index (χ4v) is 6.53. The highest BCUT2D eigenvalue weighted by molar-refractivity contribution is 7.10. The molecule has 1 aliphatic carbocycles. The minimum Gasteiger partial charge on any atom is -0.493 e. The number of benzene rings is 2. The molecule has 2 heterocycles. The Morgan fingerprint density at radius 2 is 1.63 bits per heavy atom. The SMILES string of the molecule is COc1ccc(CCN(C(=O)Cn2nnc(-c3ccc(OC)c(OC)c3)n2)[C@@H](C(=O)NC2CCCCC2)c2cccs2)cc1OC. The number of aromatic nitrogens is 4. The van der Waals surface area contributed by atoms with Crippen molar-refractivity contribution in [3.05, 3.63) is 64.4 Å². The number of hydrogen-bond acceptors (Lipinski definition) is 10. The molecule has 0 aliphatic heterocycles. The summed E-state index contributed by atoms with van der Waals surface area (Å²) in [6.45, 7) is 0.0665. The smallest absolute Gasteiger partial charge is 0.248 e. The zero-order valence-electron chi connectivity index (χ0n) is 26.6. The monoisotopic (exact) mass is 648 g/mol. The standard InChI is InChI=1S/C33H40N6O6S/c1-42-25-14-12-22(19-27(25)44-3)16-17-38(31(29-11-8-18-46-29)33(41)34-24-9-6-5-7-10-24)30(40)21-39-36-32(35-37-39)23-13-15-26(43-2)28(20-23)45-4/h8,11-15,18-20,24,31H,5-7,9-10,16-17,21H2,1-4H3,(H,34,41)/t31-/m1/s1. The molecule has 1 aliphatic rings. The number of nitrogens with zero attached hydrogens (tertiary/aromatic N) is 5. The van der Waals surface area contributed by atoms with Gasteiger partial charge in [0.05, 0.1) is 28.4 Å². The number of nitrogens with one attached hydrogen (secondary N) is 1. The van der Waals surface area contributed by atoms with Crippen LogP contribution >= 0.6 is 11.3 Å². The number of amides is 2. The molecule has 0 saturated heterocycles. The highest BCUT2D eigenvalue weighted by atomic mass is 32.1. The number of tetrazole rings is 1. The van der Waals surface area contributed by atoms with Crippen LogP contribution < -0.4 is 24.3 Å². The third-order valence-corrected chi connectivity index (χ3v) is 9.03. The van der Waals surface area contributed by atoms with Crippen LogP contribution in [0.3, 0.4) is 0 Å². The van der Waals surface area contributed by atoms with Gasteiger partial charge in [0.1, 0.15) is 12.6 Å². The maximum atomic E-state index is 14.2. The summed E-state index contributed by atoms with van der Waals surface area (Å²) in [5.74, 6) is 2.14. The van der Waals surface area contributed by atoms with Gasteiger partial charge in [-0.15, -0.1) is 21.5 Å². The van der Waals surface area contributed by atoms with Gasteiger partial charge in [-0.25, -0.2) is 0 Å². The molecule has 1 fully saturated rings. The molecule has 4 aromatic rings. The van der Waals surface area contributed by atoms with Crippen LogP contribution in [0.2, 0.25) is 0 Å². The van der Waals surface area contributed by atoms with E-state index in [9.17, 15) is 9.59 Å². The van der Waals surface area contributed by atoms with E-state index in [-0.39, 0.29) is 30.9 Å². The van der Waals surface area contributed by atoms with Crippen LogP contribution in [0.1, 0.15) is 48.6 Å². The lowest BCUT2D eigenvalue weighted by Crippen LogP contribution is -2.48. The van der Waals surface area contributed by atoms with Crippen LogP contribution in [0.15, 0.2) is 53.9 Å². The highest BCUT2D eigenvalue weighted by Gasteiger charge is 2.34. The predicted octanol–water partition coefficient (Wildman–Crippen LogP) is 4.70. The fraction of sp³-hybridized carbons (Fsp3) is 0.424. The minimum atomic E-state index is -0.816. The third kappa shape index (κ3) is 7.76. The van der Waals surface area contributed by atoms with Crippen molar-refractivity contribution in [1.82, 2.24) is 30.4 Å². The van der Waals surface area contributed by atoms with E-state index in [1.165, 1.54) is 22.6 Å². The predicted molar refractivity (Wildman–Crippen MR) is 173 cm³/mol. The van der Waals surface area contributed by atoms with Crippen molar-refractivity contribution in [2.45, 2.75) is 57.2 Å². The molecule has 0 bridgehead atoms. The van der Waals surface area contributed by atoms with Crippen LogP contribution in [-0.4, -0.2) is 77.9 Å². The molecule has 46 heavy (non-hydrogen) atoms. The van der Waals surface area contributed by atoms with Gasteiger partial charge in [0.15, 0.2) is 23.0 Å². The van der Waals surface area contributed by atoms with Gasteiger partial charge in [-0.1, -0.05) is 31.4 Å². The third-order valence-electron chi connectivity index (χ3n) is 8.11. The Bertz CT molecular complexity index is 1600. The van der Waals surface area contributed by atoms with Gasteiger partial charge >= 0.3 is 0 Å². The van der Waals surface area contributed by atoms with E-state index >= 15 is 0 Å². The van der Waals surface area contributed by atoms with Crippen LogP contribution in [0, 0.1) is 0 Å². The summed E-state index contributed by atoms with van der Waals surface area (Å²) < 4.78 is 21.6. The van der Waals surface area contributed by atoms with Crippen molar-refractivity contribution < 1.29 is 28.5 Å². The van der Waals surface area contributed by atoms with Crippen LogP contribution in [0.5, 0.6) is 23.0 Å². The quantitative estimate of drug-likeness (QED) is 0.207. The van der Waals surface area contributed by atoms with Crippen molar-refractivity contribution in [2.75, 3.05) is 35.0 Å². The lowest BCUT2D eigenvalue weighted by Gasteiger charge is -2.32. The molecular formula is C33H40N6O6S. The van der Waals surface area contributed by atoms with Gasteiger partial charge in [0.2, 0.25) is 17.6 Å². The molecule has 5 rings (SSSR count). The van der Waals surface area contributed by atoms with E-state index < -0.39 is 6.04 Å². The number of carbonyl (C=O) groups is 2. The first-order chi connectivity index (χ1) is 22.4.